The van der Waals surface area contributed by atoms with Crippen LogP contribution < -0.4 is 5.73 Å². The maximum absolute atomic E-state index is 5.49. The number of anilines is 1. The summed E-state index contributed by atoms with van der Waals surface area (Å²) in [5.41, 5.74) is 8.37. The minimum Gasteiger partial charge on any atom is -0.366 e. The molecule has 0 saturated carbocycles. The Balaban J connectivity index is 2.53. The van der Waals surface area contributed by atoms with Gasteiger partial charge in [-0.2, -0.15) is 0 Å². The van der Waals surface area contributed by atoms with Crippen LogP contribution in [0, 0.1) is 6.92 Å². The van der Waals surface area contributed by atoms with Crippen molar-refractivity contribution >= 4 is 21.9 Å². The van der Waals surface area contributed by atoms with Crippen LogP contribution in [0.15, 0.2) is 28.9 Å². The lowest BCUT2D eigenvalue weighted by molar-refractivity contribution is 0.966. The molecule has 0 atom stereocenters. The molecular formula is C10H9BrN4. The first-order chi connectivity index (χ1) is 7.16. The summed E-state index contributed by atoms with van der Waals surface area (Å²) in [5.74, 6) is 0.175. The monoisotopic (exact) mass is 264 g/mol. The number of halogens is 1. The van der Waals surface area contributed by atoms with E-state index >= 15 is 0 Å². The van der Waals surface area contributed by atoms with E-state index in [1.165, 1.54) is 5.56 Å². The molecule has 0 fully saturated rings. The summed E-state index contributed by atoms with van der Waals surface area (Å²) >= 11 is 3.29. The maximum Gasteiger partial charge on any atom is 0.240 e. The van der Waals surface area contributed by atoms with E-state index in [4.69, 9.17) is 5.73 Å². The molecule has 0 aliphatic carbocycles. The number of rotatable bonds is 1. The van der Waals surface area contributed by atoms with Crippen LogP contribution in [-0.2, 0) is 0 Å². The topological polar surface area (TPSA) is 64.7 Å². The zero-order valence-corrected chi connectivity index (χ0v) is 9.69. The van der Waals surface area contributed by atoms with Crippen LogP contribution in [0.5, 0.6) is 0 Å². The Kier molecular flexibility index (Phi) is 2.64. The Labute approximate surface area is 95.7 Å². The van der Waals surface area contributed by atoms with Gasteiger partial charge < -0.3 is 5.73 Å². The number of nitrogens with zero attached hydrogens (tertiary/aromatic N) is 3. The molecule has 0 unspecified atom stereocenters. The summed E-state index contributed by atoms with van der Waals surface area (Å²) in [6.07, 6.45) is 0. The minimum atomic E-state index is 0.175. The molecule has 15 heavy (non-hydrogen) atoms. The number of nitrogens with two attached hydrogens (primary N) is 1. The lowest BCUT2D eigenvalue weighted by atomic mass is 10.1. The first-order valence-corrected chi connectivity index (χ1v) is 5.19. The van der Waals surface area contributed by atoms with Crippen LogP contribution in [0.3, 0.4) is 0 Å². The second-order valence-electron chi connectivity index (χ2n) is 3.18. The molecular weight excluding hydrogens is 256 g/mol. The van der Waals surface area contributed by atoms with Crippen molar-refractivity contribution in [3.8, 4) is 11.3 Å². The Morgan fingerprint density at radius 1 is 1.13 bits per heavy atom. The van der Waals surface area contributed by atoms with Gasteiger partial charge in [0.15, 0.2) is 4.60 Å². The highest BCUT2D eigenvalue weighted by Crippen LogP contribution is 2.24. The van der Waals surface area contributed by atoms with Crippen molar-refractivity contribution < 1.29 is 0 Å². The number of nitrogen functional groups attached to an aromatic ring is 1. The normalized spacial score (nSPS) is 10.3. The van der Waals surface area contributed by atoms with Crippen molar-refractivity contribution in [2.45, 2.75) is 6.92 Å². The molecule has 76 valence electrons. The minimum absolute atomic E-state index is 0.175. The number of benzene rings is 1. The molecule has 2 rings (SSSR count). The third kappa shape index (κ3) is 2.12. The van der Waals surface area contributed by atoms with E-state index in [0.717, 1.165) is 5.56 Å². The van der Waals surface area contributed by atoms with Crippen LogP contribution in [0.25, 0.3) is 11.3 Å². The molecule has 1 aromatic heterocycles. The van der Waals surface area contributed by atoms with Gasteiger partial charge in [0.1, 0.15) is 5.69 Å². The Morgan fingerprint density at radius 2 is 1.80 bits per heavy atom. The summed E-state index contributed by atoms with van der Waals surface area (Å²) in [6, 6.07) is 7.98. The molecule has 0 bridgehead atoms. The second-order valence-corrected chi connectivity index (χ2v) is 3.93. The Morgan fingerprint density at radius 3 is 2.47 bits per heavy atom. The lowest BCUT2D eigenvalue weighted by Gasteiger charge is -2.03. The zero-order chi connectivity index (χ0) is 10.8. The van der Waals surface area contributed by atoms with Gasteiger partial charge in [0.25, 0.3) is 0 Å². The SMILES string of the molecule is Cc1ccc(-c2nc(N)nnc2Br)cc1. The molecule has 0 radical (unpaired) electrons. The van der Waals surface area contributed by atoms with Gasteiger partial charge in [-0.25, -0.2) is 4.98 Å². The van der Waals surface area contributed by atoms with Crippen LogP contribution in [0.4, 0.5) is 5.95 Å². The molecule has 2 N–H and O–H groups in total. The van der Waals surface area contributed by atoms with E-state index in [0.29, 0.717) is 10.3 Å². The van der Waals surface area contributed by atoms with Crippen molar-refractivity contribution in [3.63, 3.8) is 0 Å². The van der Waals surface area contributed by atoms with Gasteiger partial charge in [-0.1, -0.05) is 29.8 Å². The van der Waals surface area contributed by atoms with Crippen LogP contribution in [-0.4, -0.2) is 15.2 Å². The summed E-state index contributed by atoms with van der Waals surface area (Å²) in [5, 5.41) is 7.51. The third-order valence-corrected chi connectivity index (χ3v) is 2.52. The van der Waals surface area contributed by atoms with Gasteiger partial charge in [-0.15, -0.1) is 10.2 Å². The highest BCUT2D eigenvalue weighted by molar-refractivity contribution is 9.10. The molecule has 4 nitrogen and oxygen atoms in total. The van der Waals surface area contributed by atoms with Crippen LogP contribution >= 0.6 is 15.9 Å². The highest BCUT2D eigenvalue weighted by atomic mass is 79.9. The molecule has 0 aliphatic heterocycles. The molecule has 2 aromatic rings. The summed E-state index contributed by atoms with van der Waals surface area (Å²) < 4.78 is 0.598. The third-order valence-electron chi connectivity index (χ3n) is 1.99. The Bertz CT molecular complexity index is 481. The largest absolute Gasteiger partial charge is 0.366 e. The molecule has 0 saturated heterocycles. The van der Waals surface area contributed by atoms with Crippen molar-refractivity contribution in [3.05, 3.63) is 34.4 Å². The number of hydrogen-bond donors (Lipinski definition) is 1. The predicted molar refractivity (Wildman–Crippen MR) is 62.1 cm³/mol. The van der Waals surface area contributed by atoms with Gasteiger partial charge in [0.2, 0.25) is 5.95 Å². The summed E-state index contributed by atoms with van der Waals surface area (Å²) in [6.45, 7) is 2.03. The standard InChI is InChI=1S/C10H9BrN4/c1-6-2-4-7(5-3-6)8-9(11)14-15-10(12)13-8/h2-5H,1H3,(H2,12,13,15). The average Bonchev–Trinajstić information content (AvgIpc) is 2.23. The number of aromatic nitrogens is 3. The molecule has 0 aliphatic rings. The maximum atomic E-state index is 5.49. The molecule has 1 heterocycles. The van der Waals surface area contributed by atoms with Gasteiger partial charge in [-0.3, -0.25) is 0 Å². The fraction of sp³-hybridized carbons (Fsp3) is 0.100. The van der Waals surface area contributed by atoms with Crippen LogP contribution in [0.2, 0.25) is 0 Å². The second kappa shape index (κ2) is 3.94. The van der Waals surface area contributed by atoms with E-state index in [-0.39, 0.29) is 5.95 Å². The number of hydrogen-bond acceptors (Lipinski definition) is 4. The lowest BCUT2D eigenvalue weighted by Crippen LogP contribution is -2.00. The molecule has 1 aromatic carbocycles. The van der Waals surface area contributed by atoms with Crippen molar-refractivity contribution in [2.75, 3.05) is 5.73 Å². The summed E-state index contributed by atoms with van der Waals surface area (Å²) in [4.78, 5) is 4.13. The van der Waals surface area contributed by atoms with Crippen molar-refractivity contribution in [1.82, 2.24) is 15.2 Å². The van der Waals surface area contributed by atoms with Crippen molar-refractivity contribution in [1.29, 1.82) is 0 Å². The number of aryl methyl sites for hydroxylation is 1. The van der Waals surface area contributed by atoms with Crippen molar-refractivity contribution in [2.24, 2.45) is 0 Å². The van der Waals surface area contributed by atoms with Gasteiger partial charge in [0.05, 0.1) is 0 Å². The smallest absolute Gasteiger partial charge is 0.240 e. The predicted octanol–water partition coefficient (Wildman–Crippen LogP) is 2.19. The first kappa shape index (κ1) is 10.0. The van der Waals surface area contributed by atoms with Crippen LogP contribution in [0.1, 0.15) is 5.56 Å². The molecule has 0 spiro atoms. The van der Waals surface area contributed by atoms with Gasteiger partial charge in [-0.05, 0) is 22.9 Å². The zero-order valence-electron chi connectivity index (χ0n) is 8.11. The van der Waals surface area contributed by atoms with E-state index in [9.17, 15) is 0 Å². The fourth-order valence-electron chi connectivity index (χ4n) is 1.22. The van der Waals surface area contributed by atoms with E-state index in [2.05, 4.69) is 31.1 Å². The van der Waals surface area contributed by atoms with E-state index < -0.39 is 0 Å². The van der Waals surface area contributed by atoms with Gasteiger partial charge >= 0.3 is 0 Å². The fourth-order valence-corrected chi connectivity index (χ4v) is 1.62. The molecule has 5 heteroatoms. The summed E-state index contributed by atoms with van der Waals surface area (Å²) in [7, 11) is 0. The van der Waals surface area contributed by atoms with E-state index in [1.807, 2.05) is 31.2 Å². The highest BCUT2D eigenvalue weighted by Gasteiger charge is 2.07. The van der Waals surface area contributed by atoms with Gasteiger partial charge in [0, 0.05) is 5.56 Å². The Hall–Kier alpha value is -1.49. The quantitative estimate of drug-likeness (QED) is 0.858. The molecule has 0 amide bonds. The average molecular weight is 265 g/mol. The first-order valence-electron chi connectivity index (χ1n) is 4.39. The van der Waals surface area contributed by atoms with E-state index in [1.54, 1.807) is 0 Å².